The van der Waals surface area contributed by atoms with E-state index in [1.54, 1.807) is 31.2 Å². The smallest absolute Gasteiger partial charge is 0.167 e. The van der Waals surface area contributed by atoms with Crippen LogP contribution in [0.15, 0.2) is 40.9 Å². The Morgan fingerprint density at radius 1 is 1.26 bits per heavy atom. The molecule has 0 N–H and O–H groups in total. The van der Waals surface area contributed by atoms with Gasteiger partial charge in [-0.05, 0) is 58.2 Å². The SMILES string of the molecule is Cc1cc(F)ccc1CC(=O)c1ccc(Br)c(Cl)c1. The number of rotatable bonds is 3. The highest BCUT2D eigenvalue weighted by atomic mass is 79.9. The molecule has 0 spiro atoms. The zero-order chi connectivity index (χ0) is 14.0. The molecule has 2 aromatic rings. The predicted octanol–water partition coefficient (Wildman–Crippen LogP) is 4.98. The largest absolute Gasteiger partial charge is 0.294 e. The van der Waals surface area contributed by atoms with E-state index in [0.717, 1.165) is 15.6 Å². The van der Waals surface area contributed by atoms with E-state index in [0.29, 0.717) is 10.6 Å². The number of halogens is 3. The van der Waals surface area contributed by atoms with Crippen LogP contribution >= 0.6 is 27.5 Å². The first kappa shape index (κ1) is 14.2. The summed E-state index contributed by atoms with van der Waals surface area (Å²) < 4.78 is 13.8. The van der Waals surface area contributed by atoms with E-state index in [4.69, 9.17) is 11.6 Å². The minimum absolute atomic E-state index is 0.0379. The van der Waals surface area contributed by atoms with E-state index in [-0.39, 0.29) is 18.0 Å². The molecule has 0 fully saturated rings. The van der Waals surface area contributed by atoms with Gasteiger partial charge in [-0.3, -0.25) is 4.79 Å². The predicted molar refractivity (Wildman–Crippen MR) is 78.3 cm³/mol. The van der Waals surface area contributed by atoms with Gasteiger partial charge >= 0.3 is 0 Å². The summed E-state index contributed by atoms with van der Waals surface area (Å²) in [6.07, 6.45) is 0.240. The maximum atomic E-state index is 13.0. The summed E-state index contributed by atoms with van der Waals surface area (Å²) >= 11 is 9.24. The van der Waals surface area contributed by atoms with Gasteiger partial charge in [-0.25, -0.2) is 4.39 Å². The highest BCUT2D eigenvalue weighted by molar-refractivity contribution is 9.10. The summed E-state index contributed by atoms with van der Waals surface area (Å²) in [4.78, 5) is 12.1. The van der Waals surface area contributed by atoms with Crippen molar-refractivity contribution in [3.63, 3.8) is 0 Å². The van der Waals surface area contributed by atoms with Gasteiger partial charge in [0.2, 0.25) is 0 Å². The van der Waals surface area contributed by atoms with Gasteiger partial charge in [-0.2, -0.15) is 0 Å². The van der Waals surface area contributed by atoms with Crippen molar-refractivity contribution >= 4 is 33.3 Å². The molecule has 0 saturated heterocycles. The van der Waals surface area contributed by atoms with Gasteiger partial charge in [0.15, 0.2) is 5.78 Å². The van der Waals surface area contributed by atoms with Crippen LogP contribution in [0.2, 0.25) is 5.02 Å². The topological polar surface area (TPSA) is 17.1 Å². The average Bonchev–Trinajstić information content (AvgIpc) is 2.36. The maximum absolute atomic E-state index is 13.0. The van der Waals surface area contributed by atoms with E-state index >= 15 is 0 Å². The third-order valence-corrected chi connectivity index (χ3v) is 4.13. The van der Waals surface area contributed by atoms with Crippen LogP contribution in [-0.4, -0.2) is 5.78 Å². The molecule has 0 unspecified atom stereocenters. The highest BCUT2D eigenvalue weighted by Gasteiger charge is 2.11. The lowest BCUT2D eigenvalue weighted by Crippen LogP contribution is -2.05. The van der Waals surface area contributed by atoms with Gasteiger partial charge < -0.3 is 0 Å². The van der Waals surface area contributed by atoms with Crippen LogP contribution < -0.4 is 0 Å². The number of hydrogen-bond acceptors (Lipinski definition) is 1. The fraction of sp³-hybridized carbons (Fsp3) is 0.133. The van der Waals surface area contributed by atoms with Crippen LogP contribution in [-0.2, 0) is 6.42 Å². The van der Waals surface area contributed by atoms with Crippen molar-refractivity contribution in [2.45, 2.75) is 13.3 Å². The molecule has 0 aromatic heterocycles. The summed E-state index contributed by atoms with van der Waals surface area (Å²) in [7, 11) is 0. The molecule has 2 aromatic carbocycles. The second kappa shape index (κ2) is 5.85. The number of hydrogen-bond donors (Lipinski definition) is 0. The molecule has 0 saturated carbocycles. The molecule has 98 valence electrons. The summed E-state index contributed by atoms with van der Waals surface area (Å²) in [5.41, 5.74) is 2.15. The average molecular weight is 342 g/mol. The molecule has 1 nitrogen and oxygen atoms in total. The summed E-state index contributed by atoms with van der Waals surface area (Å²) in [5.74, 6) is -0.329. The van der Waals surface area contributed by atoms with Crippen molar-refractivity contribution in [1.29, 1.82) is 0 Å². The lowest BCUT2D eigenvalue weighted by molar-refractivity contribution is 0.0992. The van der Waals surface area contributed by atoms with Crippen LogP contribution in [0.3, 0.4) is 0 Å². The zero-order valence-corrected chi connectivity index (χ0v) is 12.6. The maximum Gasteiger partial charge on any atom is 0.167 e. The van der Waals surface area contributed by atoms with Crippen LogP contribution in [0.1, 0.15) is 21.5 Å². The number of ketones is 1. The van der Waals surface area contributed by atoms with Gasteiger partial charge in [0.25, 0.3) is 0 Å². The zero-order valence-electron chi connectivity index (χ0n) is 10.2. The van der Waals surface area contributed by atoms with E-state index in [1.807, 2.05) is 0 Å². The van der Waals surface area contributed by atoms with Gasteiger partial charge in [-0.1, -0.05) is 23.7 Å². The van der Waals surface area contributed by atoms with Crippen molar-refractivity contribution in [1.82, 2.24) is 0 Å². The van der Waals surface area contributed by atoms with Crippen molar-refractivity contribution in [2.24, 2.45) is 0 Å². The molecule has 0 aliphatic carbocycles. The fourth-order valence-electron chi connectivity index (χ4n) is 1.80. The molecule has 0 atom stereocenters. The van der Waals surface area contributed by atoms with Crippen molar-refractivity contribution in [3.8, 4) is 0 Å². The van der Waals surface area contributed by atoms with Crippen molar-refractivity contribution in [2.75, 3.05) is 0 Å². The quantitative estimate of drug-likeness (QED) is 0.720. The number of Topliss-reactive ketones (excluding diaryl/α,β-unsaturated/α-hetero) is 1. The Labute approximate surface area is 124 Å². The molecule has 2 rings (SSSR count). The Kier molecular flexibility index (Phi) is 4.38. The van der Waals surface area contributed by atoms with E-state index in [1.165, 1.54) is 12.1 Å². The molecule has 0 amide bonds. The number of aryl methyl sites for hydroxylation is 1. The first-order valence-electron chi connectivity index (χ1n) is 5.70. The molecular weight excluding hydrogens is 331 g/mol. The second-order valence-electron chi connectivity index (χ2n) is 4.30. The molecule has 0 bridgehead atoms. The number of carbonyl (C=O) groups is 1. The Bertz CT molecular complexity index is 640. The molecular formula is C15H11BrClFO. The molecule has 4 heteroatoms. The van der Waals surface area contributed by atoms with Gasteiger partial charge in [0, 0.05) is 16.5 Å². The molecule has 0 aliphatic rings. The van der Waals surface area contributed by atoms with Gasteiger partial charge in [-0.15, -0.1) is 0 Å². The van der Waals surface area contributed by atoms with Crippen LogP contribution in [0, 0.1) is 12.7 Å². The Morgan fingerprint density at radius 2 is 2.00 bits per heavy atom. The lowest BCUT2D eigenvalue weighted by Gasteiger charge is -2.06. The summed E-state index contributed by atoms with van der Waals surface area (Å²) in [6.45, 7) is 1.79. The molecule has 0 aliphatic heterocycles. The van der Waals surface area contributed by atoms with Crippen LogP contribution in [0.25, 0.3) is 0 Å². The number of carbonyl (C=O) groups excluding carboxylic acids is 1. The lowest BCUT2D eigenvalue weighted by atomic mass is 9.99. The van der Waals surface area contributed by atoms with Gasteiger partial charge in [0.1, 0.15) is 5.82 Å². The summed E-state index contributed by atoms with van der Waals surface area (Å²) in [6, 6.07) is 9.53. The molecule has 0 radical (unpaired) electrons. The first-order valence-corrected chi connectivity index (χ1v) is 6.88. The monoisotopic (exact) mass is 340 g/mol. The fourth-order valence-corrected chi connectivity index (χ4v) is 2.23. The van der Waals surface area contributed by atoms with E-state index in [2.05, 4.69) is 15.9 Å². The normalized spacial score (nSPS) is 10.5. The van der Waals surface area contributed by atoms with Crippen LogP contribution in [0.4, 0.5) is 4.39 Å². The Morgan fingerprint density at radius 3 is 2.63 bits per heavy atom. The minimum Gasteiger partial charge on any atom is -0.294 e. The highest BCUT2D eigenvalue weighted by Crippen LogP contribution is 2.24. The first-order chi connectivity index (χ1) is 8.97. The molecule has 0 heterocycles. The molecule has 19 heavy (non-hydrogen) atoms. The minimum atomic E-state index is -0.291. The second-order valence-corrected chi connectivity index (χ2v) is 5.56. The Balaban J connectivity index is 2.23. The Hall–Kier alpha value is -1.19. The number of benzene rings is 2. The third kappa shape index (κ3) is 3.43. The summed E-state index contributed by atoms with van der Waals surface area (Å²) in [5, 5.41) is 0.502. The van der Waals surface area contributed by atoms with E-state index in [9.17, 15) is 9.18 Å². The van der Waals surface area contributed by atoms with E-state index < -0.39 is 0 Å². The van der Waals surface area contributed by atoms with Crippen molar-refractivity contribution < 1.29 is 9.18 Å². The van der Waals surface area contributed by atoms with Gasteiger partial charge in [0.05, 0.1) is 5.02 Å². The standard InChI is InChI=1S/C15H11BrClFO/c1-9-6-12(18)4-2-10(9)8-15(19)11-3-5-13(16)14(17)7-11/h2-7H,8H2,1H3. The van der Waals surface area contributed by atoms with Crippen molar-refractivity contribution in [3.05, 3.63) is 68.4 Å². The third-order valence-electron chi connectivity index (χ3n) is 2.90. The van der Waals surface area contributed by atoms with Crippen LogP contribution in [0.5, 0.6) is 0 Å².